The van der Waals surface area contributed by atoms with Crippen molar-refractivity contribution in [1.82, 2.24) is 10.2 Å². The largest absolute Gasteiger partial charge is 0.416 e. The molecule has 0 saturated carbocycles. The number of halogens is 3. The lowest BCUT2D eigenvalue weighted by Gasteiger charge is -2.31. The first-order valence-electron chi connectivity index (χ1n) is 8.18. The topological polar surface area (TPSA) is 41.6 Å². The Morgan fingerprint density at radius 3 is 2.65 bits per heavy atom. The number of alkyl halides is 3. The molecular weight excluding hydrogens is 365 g/mol. The number of likely N-dealkylation sites (N-methyl/N-ethyl adjacent to an activating group) is 1. The number of nitrogens with one attached hydrogen (secondary N) is 1. The minimum atomic E-state index is -4.32. The first-order valence-corrected chi connectivity index (χ1v) is 9.00. The van der Waals surface area contributed by atoms with Crippen LogP contribution in [0.1, 0.15) is 10.4 Å². The summed E-state index contributed by atoms with van der Waals surface area (Å²) in [7, 11) is 1.58. The molecule has 1 aliphatic rings. The van der Waals surface area contributed by atoms with Crippen molar-refractivity contribution in [3.63, 3.8) is 0 Å². The summed E-state index contributed by atoms with van der Waals surface area (Å²) in [6, 6.07) is 9.08. The number of hydrogen-bond donors (Lipinski definition) is 1. The normalized spacial score (nSPS) is 18.7. The maximum absolute atomic E-state index is 12.7. The van der Waals surface area contributed by atoms with E-state index in [1.54, 1.807) is 18.4 Å². The standard InChI is InChI=1S/C18H19F3N2O2S/c1-22-17(24)15-11-23(8-9-25-15)10-14-6-7-16(26-14)12-2-4-13(5-3-12)18(19,20)21/h2-7,15H,8-11H2,1H3,(H,22,24). The molecule has 0 aliphatic carbocycles. The van der Waals surface area contributed by atoms with Gasteiger partial charge in [-0.2, -0.15) is 13.2 Å². The number of nitrogens with zero attached hydrogens (tertiary/aromatic N) is 1. The van der Waals surface area contributed by atoms with E-state index < -0.39 is 17.8 Å². The van der Waals surface area contributed by atoms with Gasteiger partial charge >= 0.3 is 6.18 Å². The van der Waals surface area contributed by atoms with Gasteiger partial charge in [0.25, 0.3) is 0 Å². The third-order valence-electron chi connectivity index (χ3n) is 4.23. The van der Waals surface area contributed by atoms with Gasteiger partial charge in [-0.1, -0.05) is 12.1 Å². The van der Waals surface area contributed by atoms with Gasteiger partial charge in [-0.05, 0) is 29.8 Å². The highest BCUT2D eigenvalue weighted by Crippen LogP contribution is 2.33. The molecule has 1 saturated heterocycles. The number of amides is 1. The Hall–Kier alpha value is -1.90. The van der Waals surface area contributed by atoms with E-state index in [9.17, 15) is 18.0 Å². The fraction of sp³-hybridized carbons (Fsp3) is 0.389. The SMILES string of the molecule is CNC(=O)C1CN(Cc2ccc(-c3ccc(C(F)(F)F)cc3)s2)CCO1. The minimum absolute atomic E-state index is 0.133. The fourth-order valence-corrected chi connectivity index (χ4v) is 3.88. The van der Waals surface area contributed by atoms with Gasteiger partial charge in [0.2, 0.25) is 5.91 Å². The molecule has 1 amide bonds. The summed E-state index contributed by atoms with van der Waals surface area (Å²) in [4.78, 5) is 15.9. The first-order chi connectivity index (χ1) is 12.4. The van der Waals surface area contributed by atoms with Crippen molar-refractivity contribution < 1.29 is 22.7 Å². The molecule has 0 bridgehead atoms. The highest BCUT2D eigenvalue weighted by atomic mass is 32.1. The van der Waals surface area contributed by atoms with Crippen molar-refractivity contribution in [3.8, 4) is 10.4 Å². The Morgan fingerprint density at radius 2 is 2.00 bits per heavy atom. The molecular formula is C18H19F3N2O2S. The van der Waals surface area contributed by atoms with Crippen LogP contribution in [0.5, 0.6) is 0 Å². The number of benzene rings is 1. The average molecular weight is 384 g/mol. The number of ether oxygens (including phenoxy) is 1. The number of morpholine rings is 1. The Balaban J connectivity index is 1.65. The number of thiophene rings is 1. The molecule has 2 aromatic rings. The average Bonchev–Trinajstić information content (AvgIpc) is 3.09. The maximum Gasteiger partial charge on any atom is 0.416 e. The second-order valence-electron chi connectivity index (χ2n) is 6.05. The van der Waals surface area contributed by atoms with E-state index in [1.165, 1.54) is 12.1 Å². The quantitative estimate of drug-likeness (QED) is 0.879. The predicted octanol–water partition coefficient (Wildman–Crippen LogP) is 3.38. The van der Waals surface area contributed by atoms with E-state index in [2.05, 4.69) is 10.2 Å². The number of carbonyl (C=O) groups excluding carboxylic acids is 1. The van der Waals surface area contributed by atoms with Gasteiger partial charge in [-0.15, -0.1) is 11.3 Å². The third-order valence-corrected chi connectivity index (χ3v) is 5.35. The maximum atomic E-state index is 12.7. The van der Waals surface area contributed by atoms with Crippen molar-refractivity contribution in [2.45, 2.75) is 18.8 Å². The minimum Gasteiger partial charge on any atom is -0.366 e. The van der Waals surface area contributed by atoms with Crippen LogP contribution < -0.4 is 5.32 Å². The molecule has 2 heterocycles. The molecule has 1 unspecified atom stereocenters. The van der Waals surface area contributed by atoms with Gasteiger partial charge in [0.1, 0.15) is 6.10 Å². The zero-order valence-electron chi connectivity index (χ0n) is 14.2. The van der Waals surface area contributed by atoms with Crippen molar-refractivity contribution in [1.29, 1.82) is 0 Å². The van der Waals surface area contributed by atoms with Crippen LogP contribution in [-0.4, -0.2) is 43.7 Å². The van der Waals surface area contributed by atoms with E-state index in [0.717, 1.165) is 34.0 Å². The van der Waals surface area contributed by atoms with Crippen LogP contribution in [0.15, 0.2) is 36.4 Å². The van der Waals surface area contributed by atoms with E-state index >= 15 is 0 Å². The molecule has 4 nitrogen and oxygen atoms in total. The first kappa shape index (κ1) is 18.9. The molecule has 3 rings (SSSR count). The molecule has 8 heteroatoms. The van der Waals surface area contributed by atoms with Crippen LogP contribution in [0.3, 0.4) is 0 Å². The fourth-order valence-electron chi connectivity index (χ4n) is 2.83. The van der Waals surface area contributed by atoms with E-state index in [4.69, 9.17) is 4.74 Å². The van der Waals surface area contributed by atoms with Gasteiger partial charge in [0.15, 0.2) is 0 Å². The van der Waals surface area contributed by atoms with Crippen LogP contribution in [-0.2, 0) is 22.3 Å². The smallest absolute Gasteiger partial charge is 0.366 e. The Bertz CT molecular complexity index is 759. The van der Waals surface area contributed by atoms with E-state index in [-0.39, 0.29) is 5.91 Å². The van der Waals surface area contributed by atoms with Gasteiger partial charge in [-0.3, -0.25) is 9.69 Å². The molecule has 1 atom stereocenters. The highest BCUT2D eigenvalue weighted by Gasteiger charge is 2.30. The van der Waals surface area contributed by atoms with Gasteiger partial charge < -0.3 is 10.1 Å². The Kier molecular flexibility index (Phi) is 5.64. The lowest BCUT2D eigenvalue weighted by molar-refractivity contribution is -0.138. The zero-order valence-corrected chi connectivity index (χ0v) is 15.0. The molecule has 1 fully saturated rings. The van der Waals surface area contributed by atoms with Crippen LogP contribution in [0.2, 0.25) is 0 Å². The van der Waals surface area contributed by atoms with Crippen molar-refractivity contribution >= 4 is 17.2 Å². The second kappa shape index (κ2) is 7.77. The van der Waals surface area contributed by atoms with Gasteiger partial charge in [-0.25, -0.2) is 0 Å². The van der Waals surface area contributed by atoms with Crippen LogP contribution >= 0.6 is 11.3 Å². The Labute approximate surface area is 153 Å². The third kappa shape index (κ3) is 4.44. The molecule has 1 N–H and O–H groups in total. The molecule has 0 radical (unpaired) electrons. The van der Waals surface area contributed by atoms with Crippen LogP contribution in [0.4, 0.5) is 13.2 Å². The number of hydrogen-bond acceptors (Lipinski definition) is 4. The predicted molar refractivity (Wildman–Crippen MR) is 93.8 cm³/mol. The molecule has 0 spiro atoms. The molecule has 1 aromatic heterocycles. The van der Waals surface area contributed by atoms with E-state index in [1.807, 2.05) is 12.1 Å². The molecule has 1 aliphatic heterocycles. The Morgan fingerprint density at radius 1 is 1.27 bits per heavy atom. The second-order valence-corrected chi connectivity index (χ2v) is 7.22. The molecule has 140 valence electrons. The van der Waals surface area contributed by atoms with Crippen molar-refractivity contribution in [2.24, 2.45) is 0 Å². The van der Waals surface area contributed by atoms with Crippen molar-refractivity contribution in [3.05, 3.63) is 46.8 Å². The van der Waals surface area contributed by atoms with Crippen molar-refractivity contribution in [2.75, 3.05) is 26.7 Å². The summed E-state index contributed by atoms with van der Waals surface area (Å²) < 4.78 is 43.4. The van der Waals surface area contributed by atoms with Gasteiger partial charge in [0.05, 0.1) is 12.2 Å². The number of rotatable bonds is 4. The highest BCUT2D eigenvalue weighted by molar-refractivity contribution is 7.15. The molecule has 1 aromatic carbocycles. The summed E-state index contributed by atoms with van der Waals surface area (Å²) >= 11 is 1.54. The van der Waals surface area contributed by atoms with Crippen LogP contribution in [0, 0.1) is 0 Å². The molecule has 26 heavy (non-hydrogen) atoms. The monoisotopic (exact) mass is 384 g/mol. The summed E-state index contributed by atoms with van der Waals surface area (Å²) in [5.74, 6) is -0.133. The summed E-state index contributed by atoms with van der Waals surface area (Å²) in [5, 5.41) is 2.59. The summed E-state index contributed by atoms with van der Waals surface area (Å²) in [5.41, 5.74) is 0.117. The summed E-state index contributed by atoms with van der Waals surface area (Å²) in [6.07, 6.45) is -4.79. The number of carbonyl (C=O) groups is 1. The lowest BCUT2D eigenvalue weighted by Crippen LogP contribution is -2.48. The lowest BCUT2D eigenvalue weighted by atomic mass is 10.1. The zero-order chi connectivity index (χ0) is 18.7. The summed E-state index contributed by atoms with van der Waals surface area (Å²) in [6.45, 7) is 2.44. The van der Waals surface area contributed by atoms with E-state index in [0.29, 0.717) is 19.7 Å². The van der Waals surface area contributed by atoms with Gasteiger partial charge in [0, 0.05) is 36.4 Å². The van der Waals surface area contributed by atoms with Crippen LogP contribution in [0.25, 0.3) is 10.4 Å².